The molecule has 1 atom stereocenters. The summed E-state index contributed by atoms with van der Waals surface area (Å²) in [5.41, 5.74) is 4.43. The molecule has 2 aliphatic heterocycles. The molecule has 0 bridgehead atoms. The monoisotopic (exact) mass is 553 g/mol. The summed E-state index contributed by atoms with van der Waals surface area (Å²) in [7, 11) is 0. The molecular weight excluding hydrogens is 522 g/mol. The van der Waals surface area contributed by atoms with E-state index in [4.69, 9.17) is 0 Å². The summed E-state index contributed by atoms with van der Waals surface area (Å²) in [6, 6.07) is 24.2. The second-order valence-electron chi connectivity index (χ2n) is 9.96. The number of carbonyl (C=O) groups excluding carboxylic acids is 3. The van der Waals surface area contributed by atoms with Gasteiger partial charge in [-0.25, -0.2) is 9.89 Å². The van der Waals surface area contributed by atoms with Crippen LogP contribution in [-0.2, 0) is 20.8 Å². The van der Waals surface area contributed by atoms with Gasteiger partial charge in [-0.1, -0.05) is 80.2 Å². The normalized spacial score (nSPS) is 15.7. The van der Waals surface area contributed by atoms with Crippen LogP contribution in [0.15, 0.2) is 88.8 Å². The Morgan fingerprint density at radius 1 is 0.950 bits per heavy atom. The van der Waals surface area contributed by atoms with Crippen molar-refractivity contribution in [2.24, 2.45) is 9.98 Å². The summed E-state index contributed by atoms with van der Waals surface area (Å²) in [5.74, 6) is 0.174. The number of nitrogens with zero attached hydrogens (tertiary/aromatic N) is 3. The Labute approximate surface area is 238 Å². The lowest BCUT2D eigenvalue weighted by molar-refractivity contribution is -0.128. The average Bonchev–Trinajstić information content (AvgIpc) is 3.28. The van der Waals surface area contributed by atoms with E-state index in [1.54, 1.807) is 0 Å². The molecule has 5 rings (SSSR count). The van der Waals surface area contributed by atoms with Crippen molar-refractivity contribution in [1.82, 2.24) is 10.2 Å². The first-order chi connectivity index (χ1) is 19.4. The van der Waals surface area contributed by atoms with Gasteiger partial charge in [0, 0.05) is 17.8 Å². The van der Waals surface area contributed by atoms with Crippen molar-refractivity contribution < 1.29 is 14.4 Å². The van der Waals surface area contributed by atoms with Crippen molar-refractivity contribution in [3.63, 3.8) is 0 Å². The number of fused-ring (bicyclic) bond motifs is 3. The molecule has 3 amide bonds. The number of benzene rings is 3. The number of amides is 3. The molecule has 0 saturated carbocycles. The third-order valence-corrected chi connectivity index (χ3v) is 7.64. The molecular formula is C31H31N5O3S. The van der Waals surface area contributed by atoms with E-state index in [0.29, 0.717) is 41.3 Å². The molecule has 2 aliphatic rings. The molecule has 2 heterocycles. The first-order valence-corrected chi connectivity index (χ1v) is 14.3. The first-order valence-electron chi connectivity index (χ1n) is 13.3. The van der Waals surface area contributed by atoms with Gasteiger partial charge in [0.05, 0.1) is 17.9 Å². The lowest BCUT2D eigenvalue weighted by Crippen LogP contribution is -2.42. The third kappa shape index (κ3) is 6.31. The number of hydrogen-bond acceptors (Lipinski definition) is 6. The van der Waals surface area contributed by atoms with Crippen LogP contribution in [0.25, 0.3) is 0 Å². The zero-order chi connectivity index (χ0) is 28.1. The molecule has 0 fully saturated rings. The molecule has 0 spiro atoms. The largest absolute Gasteiger partial charge is 0.356 e. The number of anilines is 1. The molecule has 204 valence electrons. The highest BCUT2D eigenvalue weighted by molar-refractivity contribution is 8.14. The summed E-state index contributed by atoms with van der Waals surface area (Å²) >= 11 is 1.17. The number of amidine groups is 2. The van der Waals surface area contributed by atoms with Gasteiger partial charge in [-0.05, 0) is 47.7 Å². The van der Waals surface area contributed by atoms with Gasteiger partial charge < -0.3 is 10.6 Å². The van der Waals surface area contributed by atoms with Crippen LogP contribution >= 0.6 is 11.8 Å². The van der Waals surface area contributed by atoms with Gasteiger partial charge in [0.15, 0.2) is 5.17 Å². The molecule has 0 unspecified atom stereocenters. The summed E-state index contributed by atoms with van der Waals surface area (Å²) in [6.07, 6.45) is 0.650. The maximum atomic E-state index is 13.4. The Morgan fingerprint density at radius 2 is 1.68 bits per heavy atom. The van der Waals surface area contributed by atoms with E-state index >= 15 is 0 Å². The smallest absolute Gasteiger partial charge is 0.259 e. The van der Waals surface area contributed by atoms with Crippen molar-refractivity contribution in [3.05, 3.63) is 95.6 Å². The van der Waals surface area contributed by atoms with E-state index in [1.807, 2.05) is 78.9 Å². The minimum Gasteiger partial charge on any atom is -0.356 e. The SMILES string of the molecule is CC(C)c1ccc(NC(=O)CSC2=Nc3ccccc3C3=N[C@H](CC(=O)NCCc4ccccc4)C(=O)N23)cc1. The van der Waals surface area contributed by atoms with Crippen LogP contribution in [0.1, 0.15) is 42.9 Å². The van der Waals surface area contributed by atoms with E-state index in [0.717, 1.165) is 11.1 Å². The maximum absolute atomic E-state index is 13.4. The Balaban J connectivity index is 1.23. The lowest BCUT2D eigenvalue weighted by Gasteiger charge is -2.25. The fourth-order valence-electron chi connectivity index (χ4n) is 4.55. The summed E-state index contributed by atoms with van der Waals surface area (Å²) in [4.78, 5) is 49.6. The molecule has 2 N–H and O–H groups in total. The van der Waals surface area contributed by atoms with Gasteiger partial charge in [0.25, 0.3) is 5.91 Å². The highest BCUT2D eigenvalue weighted by atomic mass is 32.2. The minimum atomic E-state index is -0.850. The Hall–Kier alpha value is -4.24. The van der Waals surface area contributed by atoms with Crippen LogP contribution in [0, 0.1) is 0 Å². The standard InChI is InChI=1S/C31H31N5O3S/c1-20(2)22-12-14-23(15-13-22)33-28(38)19-40-31-35-25-11-7-6-10-24(25)29-34-26(30(39)36(29)31)18-27(37)32-17-16-21-8-4-3-5-9-21/h3-15,20,26H,16-19H2,1-2H3,(H,32,37)(H,33,38)/t26-/m1/s1. The Morgan fingerprint density at radius 3 is 2.42 bits per heavy atom. The van der Waals surface area contributed by atoms with Crippen LogP contribution in [0.3, 0.4) is 0 Å². The van der Waals surface area contributed by atoms with Crippen molar-refractivity contribution in [2.75, 3.05) is 17.6 Å². The Kier molecular flexibility index (Phi) is 8.40. The quantitative estimate of drug-likeness (QED) is 0.394. The van der Waals surface area contributed by atoms with E-state index < -0.39 is 6.04 Å². The Bertz CT molecular complexity index is 1470. The molecule has 8 nitrogen and oxygen atoms in total. The predicted molar refractivity (Wildman–Crippen MR) is 160 cm³/mol. The molecule has 0 aromatic heterocycles. The van der Waals surface area contributed by atoms with E-state index in [1.165, 1.54) is 22.2 Å². The number of hydrogen-bond donors (Lipinski definition) is 2. The summed E-state index contributed by atoms with van der Waals surface area (Å²) in [6.45, 7) is 4.71. The molecule has 0 radical (unpaired) electrons. The first kappa shape index (κ1) is 27.3. The third-order valence-electron chi connectivity index (χ3n) is 6.70. The number of thioether (sulfide) groups is 1. The lowest BCUT2D eigenvalue weighted by atomic mass is 10.0. The number of nitrogens with one attached hydrogen (secondary N) is 2. The van der Waals surface area contributed by atoms with Gasteiger partial charge in [-0.3, -0.25) is 19.4 Å². The van der Waals surface area contributed by atoms with Gasteiger partial charge in [-0.2, -0.15) is 0 Å². The zero-order valence-corrected chi connectivity index (χ0v) is 23.3. The van der Waals surface area contributed by atoms with Gasteiger partial charge in [0.2, 0.25) is 11.8 Å². The van der Waals surface area contributed by atoms with E-state index in [2.05, 4.69) is 34.5 Å². The molecule has 3 aromatic carbocycles. The van der Waals surface area contributed by atoms with Crippen molar-refractivity contribution in [1.29, 1.82) is 0 Å². The zero-order valence-electron chi connectivity index (χ0n) is 22.5. The summed E-state index contributed by atoms with van der Waals surface area (Å²) in [5, 5.41) is 6.17. The highest BCUT2D eigenvalue weighted by Crippen LogP contribution is 2.34. The number of carbonyl (C=O) groups is 3. The van der Waals surface area contributed by atoms with Crippen molar-refractivity contribution in [3.8, 4) is 0 Å². The second kappa shape index (κ2) is 12.3. The molecule has 40 heavy (non-hydrogen) atoms. The van der Waals surface area contributed by atoms with Crippen LogP contribution in [0.5, 0.6) is 0 Å². The van der Waals surface area contributed by atoms with Crippen LogP contribution in [-0.4, -0.2) is 52.0 Å². The van der Waals surface area contributed by atoms with Crippen LogP contribution < -0.4 is 10.6 Å². The van der Waals surface area contributed by atoms with Gasteiger partial charge in [-0.15, -0.1) is 0 Å². The topological polar surface area (TPSA) is 103 Å². The summed E-state index contributed by atoms with van der Waals surface area (Å²) < 4.78 is 0. The second-order valence-corrected chi connectivity index (χ2v) is 10.9. The minimum absolute atomic E-state index is 0.0550. The number of rotatable bonds is 9. The maximum Gasteiger partial charge on any atom is 0.259 e. The fraction of sp³-hybridized carbons (Fsp3) is 0.258. The number of aliphatic imine (C=N–C) groups is 2. The predicted octanol–water partition coefficient (Wildman–Crippen LogP) is 4.89. The number of para-hydroxylation sites is 1. The molecule has 0 saturated heterocycles. The fourth-order valence-corrected chi connectivity index (χ4v) is 5.35. The molecule has 9 heteroatoms. The van der Waals surface area contributed by atoms with Crippen LogP contribution in [0.4, 0.5) is 11.4 Å². The van der Waals surface area contributed by atoms with Crippen molar-refractivity contribution >= 4 is 51.9 Å². The average molecular weight is 554 g/mol. The highest BCUT2D eigenvalue weighted by Gasteiger charge is 2.42. The van der Waals surface area contributed by atoms with E-state index in [9.17, 15) is 14.4 Å². The molecule has 3 aromatic rings. The van der Waals surface area contributed by atoms with Gasteiger partial charge in [0.1, 0.15) is 11.9 Å². The molecule has 0 aliphatic carbocycles. The van der Waals surface area contributed by atoms with Crippen molar-refractivity contribution in [2.45, 2.75) is 38.6 Å². The van der Waals surface area contributed by atoms with Crippen LogP contribution in [0.2, 0.25) is 0 Å². The van der Waals surface area contributed by atoms with E-state index in [-0.39, 0.29) is 29.9 Å². The van der Waals surface area contributed by atoms with Gasteiger partial charge >= 0.3 is 0 Å².